The SMILES string of the molecule is Cc1ccccc1C(C(=O)NC1CCCCC1)N(CCO)C(=O)C(CCC(N)=O)NC(=O)OC(C)(C)C. The standard InChI is InChI=1S/C27H42N4O6/c1-18-10-8-9-13-20(18)23(24(34)29-19-11-6-5-7-12-19)31(16-17-32)25(35)21(14-15-22(28)33)30-26(36)37-27(2,3)4/h8-10,13,19,21,23,32H,5-7,11-12,14-17H2,1-4H3,(H2,28,33)(H,29,34)(H,30,36). The largest absolute Gasteiger partial charge is 0.444 e. The van der Waals surface area contributed by atoms with Crippen molar-refractivity contribution in [3.05, 3.63) is 35.4 Å². The lowest BCUT2D eigenvalue weighted by Crippen LogP contribution is -2.54. The Labute approximate surface area is 219 Å². The van der Waals surface area contributed by atoms with E-state index in [2.05, 4.69) is 10.6 Å². The van der Waals surface area contributed by atoms with Crippen molar-refractivity contribution < 1.29 is 29.0 Å². The Balaban J connectivity index is 2.43. The van der Waals surface area contributed by atoms with Crippen LogP contribution < -0.4 is 16.4 Å². The highest BCUT2D eigenvalue weighted by molar-refractivity contribution is 5.92. The number of aryl methyl sites for hydroxylation is 1. The van der Waals surface area contributed by atoms with Crippen LogP contribution in [0.4, 0.5) is 4.79 Å². The van der Waals surface area contributed by atoms with Gasteiger partial charge in [-0.15, -0.1) is 0 Å². The fourth-order valence-corrected chi connectivity index (χ4v) is 4.54. The van der Waals surface area contributed by atoms with Gasteiger partial charge >= 0.3 is 6.09 Å². The lowest BCUT2D eigenvalue weighted by atomic mass is 9.93. The van der Waals surface area contributed by atoms with Crippen LogP contribution in [0.5, 0.6) is 0 Å². The molecule has 206 valence electrons. The third kappa shape index (κ3) is 9.68. The quantitative estimate of drug-likeness (QED) is 0.353. The molecule has 0 radical (unpaired) electrons. The molecule has 37 heavy (non-hydrogen) atoms. The number of rotatable bonds is 11. The number of hydrogen-bond acceptors (Lipinski definition) is 6. The van der Waals surface area contributed by atoms with Crippen molar-refractivity contribution in [2.75, 3.05) is 13.2 Å². The van der Waals surface area contributed by atoms with Crippen LogP contribution in [0.1, 0.15) is 82.9 Å². The van der Waals surface area contributed by atoms with Gasteiger partial charge in [0.15, 0.2) is 0 Å². The second kappa shape index (κ2) is 14.0. The summed E-state index contributed by atoms with van der Waals surface area (Å²) in [6.45, 7) is 6.36. The number of ether oxygens (including phenoxy) is 1. The number of carbonyl (C=O) groups is 4. The minimum absolute atomic E-state index is 0.00407. The molecule has 0 bridgehead atoms. The maximum atomic E-state index is 13.9. The Hall–Kier alpha value is -3.14. The molecule has 0 spiro atoms. The summed E-state index contributed by atoms with van der Waals surface area (Å²) < 4.78 is 5.31. The molecule has 2 atom stereocenters. The van der Waals surface area contributed by atoms with E-state index in [0.29, 0.717) is 5.56 Å². The fourth-order valence-electron chi connectivity index (χ4n) is 4.54. The molecular weight excluding hydrogens is 476 g/mol. The number of nitrogens with one attached hydrogen (secondary N) is 2. The van der Waals surface area contributed by atoms with Crippen molar-refractivity contribution in [2.24, 2.45) is 5.73 Å². The number of nitrogens with zero attached hydrogens (tertiary/aromatic N) is 1. The molecule has 0 heterocycles. The summed E-state index contributed by atoms with van der Waals surface area (Å²) in [6, 6.07) is 5.02. The Kier molecular flexibility index (Phi) is 11.4. The van der Waals surface area contributed by atoms with Crippen LogP contribution in [0.25, 0.3) is 0 Å². The van der Waals surface area contributed by atoms with Crippen LogP contribution in [-0.2, 0) is 19.1 Å². The molecule has 1 fully saturated rings. The zero-order valence-electron chi connectivity index (χ0n) is 22.4. The van der Waals surface area contributed by atoms with E-state index < -0.39 is 42.2 Å². The number of primary amides is 1. The van der Waals surface area contributed by atoms with Gasteiger partial charge in [-0.1, -0.05) is 43.5 Å². The van der Waals surface area contributed by atoms with Gasteiger partial charge in [0, 0.05) is 19.0 Å². The van der Waals surface area contributed by atoms with Gasteiger partial charge in [0.05, 0.1) is 6.61 Å². The number of nitrogens with two attached hydrogens (primary N) is 1. The molecule has 10 nitrogen and oxygen atoms in total. The zero-order chi connectivity index (χ0) is 27.6. The summed E-state index contributed by atoms with van der Waals surface area (Å²) in [7, 11) is 0. The highest BCUT2D eigenvalue weighted by atomic mass is 16.6. The lowest BCUT2D eigenvalue weighted by molar-refractivity contribution is -0.143. The van der Waals surface area contributed by atoms with E-state index in [1.807, 2.05) is 19.1 Å². The summed E-state index contributed by atoms with van der Waals surface area (Å²) in [5.74, 6) is -1.61. The molecule has 10 heteroatoms. The van der Waals surface area contributed by atoms with Crippen molar-refractivity contribution in [3.8, 4) is 0 Å². The first-order valence-corrected chi connectivity index (χ1v) is 13.0. The van der Waals surface area contributed by atoms with E-state index in [1.54, 1.807) is 32.9 Å². The monoisotopic (exact) mass is 518 g/mol. The molecule has 5 N–H and O–H groups in total. The molecule has 1 aliphatic carbocycles. The first-order chi connectivity index (χ1) is 17.4. The summed E-state index contributed by atoms with van der Waals surface area (Å²) in [5.41, 5.74) is 5.93. The van der Waals surface area contributed by atoms with Crippen LogP contribution in [0.15, 0.2) is 24.3 Å². The molecule has 2 rings (SSSR count). The van der Waals surface area contributed by atoms with Gasteiger partial charge in [-0.25, -0.2) is 4.79 Å². The minimum atomic E-state index is -1.19. The zero-order valence-corrected chi connectivity index (χ0v) is 22.4. The highest BCUT2D eigenvalue weighted by Crippen LogP contribution is 2.27. The number of benzene rings is 1. The number of hydrogen-bond donors (Lipinski definition) is 4. The van der Waals surface area contributed by atoms with Crippen molar-refractivity contribution in [1.82, 2.24) is 15.5 Å². The summed E-state index contributed by atoms with van der Waals surface area (Å²) in [5, 5.41) is 15.5. The van der Waals surface area contributed by atoms with E-state index >= 15 is 0 Å². The number of aliphatic hydroxyl groups is 1. The van der Waals surface area contributed by atoms with Gasteiger partial charge in [-0.2, -0.15) is 0 Å². The fraction of sp³-hybridized carbons (Fsp3) is 0.630. The predicted octanol–water partition coefficient (Wildman–Crippen LogP) is 2.46. The molecule has 1 aromatic rings. The molecule has 1 aromatic carbocycles. The third-order valence-corrected chi connectivity index (χ3v) is 6.29. The second-order valence-electron chi connectivity index (χ2n) is 10.6. The molecule has 1 aliphatic rings. The molecule has 0 aromatic heterocycles. The number of alkyl carbamates (subject to hydrolysis) is 1. The summed E-state index contributed by atoms with van der Waals surface area (Å²) >= 11 is 0. The van der Waals surface area contributed by atoms with Gasteiger partial charge < -0.3 is 31.1 Å². The first-order valence-electron chi connectivity index (χ1n) is 13.0. The maximum Gasteiger partial charge on any atom is 0.408 e. The smallest absolute Gasteiger partial charge is 0.408 e. The van der Waals surface area contributed by atoms with Gasteiger partial charge in [-0.05, 0) is 58.1 Å². The molecule has 0 saturated heterocycles. The molecular formula is C27H42N4O6. The molecule has 0 aliphatic heterocycles. The second-order valence-corrected chi connectivity index (χ2v) is 10.6. The third-order valence-electron chi connectivity index (χ3n) is 6.29. The first kappa shape index (κ1) is 30.1. The van der Waals surface area contributed by atoms with Gasteiger partial charge in [0.25, 0.3) is 0 Å². The number of amides is 4. The van der Waals surface area contributed by atoms with Crippen LogP contribution >= 0.6 is 0 Å². The Morgan fingerprint density at radius 3 is 2.35 bits per heavy atom. The molecule has 1 saturated carbocycles. The van der Waals surface area contributed by atoms with Crippen molar-refractivity contribution >= 4 is 23.8 Å². The van der Waals surface area contributed by atoms with E-state index in [4.69, 9.17) is 10.5 Å². The van der Waals surface area contributed by atoms with Crippen LogP contribution in [0.3, 0.4) is 0 Å². The summed E-state index contributed by atoms with van der Waals surface area (Å²) in [6.07, 6.45) is 3.81. The van der Waals surface area contributed by atoms with Crippen molar-refractivity contribution in [1.29, 1.82) is 0 Å². The van der Waals surface area contributed by atoms with Gasteiger partial charge in [0.2, 0.25) is 17.7 Å². The van der Waals surface area contributed by atoms with Crippen molar-refractivity contribution in [3.63, 3.8) is 0 Å². The number of aliphatic hydroxyl groups excluding tert-OH is 1. The van der Waals surface area contributed by atoms with E-state index in [0.717, 1.165) is 37.7 Å². The van der Waals surface area contributed by atoms with E-state index in [1.165, 1.54) is 4.90 Å². The van der Waals surface area contributed by atoms with Crippen LogP contribution in [0.2, 0.25) is 0 Å². The predicted molar refractivity (Wildman–Crippen MR) is 139 cm³/mol. The Bertz CT molecular complexity index is 939. The maximum absolute atomic E-state index is 13.9. The van der Waals surface area contributed by atoms with Gasteiger partial charge in [0.1, 0.15) is 17.7 Å². The Morgan fingerprint density at radius 2 is 1.78 bits per heavy atom. The van der Waals surface area contributed by atoms with E-state index in [-0.39, 0.29) is 31.3 Å². The van der Waals surface area contributed by atoms with Gasteiger partial charge in [-0.3, -0.25) is 14.4 Å². The molecule has 2 unspecified atom stereocenters. The minimum Gasteiger partial charge on any atom is -0.444 e. The van der Waals surface area contributed by atoms with Crippen LogP contribution in [0, 0.1) is 6.92 Å². The van der Waals surface area contributed by atoms with Crippen LogP contribution in [-0.4, -0.2) is 64.7 Å². The topological polar surface area (TPSA) is 151 Å². The molecule has 4 amide bonds. The number of carbonyl (C=O) groups excluding carboxylic acids is 4. The average molecular weight is 519 g/mol. The summed E-state index contributed by atoms with van der Waals surface area (Å²) in [4.78, 5) is 52.9. The Morgan fingerprint density at radius 1 is 1.14 bits per heavy atom. The average Bonchev–Trinajstić information content (AvgIpc) is 2.81. The normalized spacial score (nSPS) is 15.8. The highest BCUT2D eigenvalue weighted by Gasteiger charge is 2.37. The van der Waals surface area contributed by atoms with Crippen molar-refractivity contribution in [2.45, 2.75) is 96.4 Å². The lowest BCUT2D eigenvalue weighted by Gasteiger charge is -2.36. The van der Waals surface area contributed by atoms with E-state index in [9.17, 15) is 24.3 Å².